The fourth-order valence-electron chi connectivity index (χ4n) is 6.73. The molecule has 2 aliphatic heterocycles. The van der Waals surface area contributed by atoms with Gasteiger partial charge in [0.1, 0.15) is 6.10 Å². The van der Waals surface area contributed by atoms with Crippen molar-refractivity contribution >= 4 is 34.3 Å². The molecular weight excluding hydrogens is 446 g/mol. The lowest BCUT2D eigenvalue weighted by Gasteiger charge is -2.59. The molecule has 33 heavy (non-hydrogen) atoms. The Morgan fingerprint density at radius 2 is 2.15 bits per heavy atom. The maximum atomic E-state index is 14.1. The molecule has 9 nitrogen and oxygen atoms in total. The predicted molar refractivity (Wildman–Crippen MR) is 118 cm³/mol. The molecule has 5 atom stereocenters. The first kappa shape index (κ1) is 22.4. The van der Waals surface area contributed by atoms with Gasteiger partial charge in [-0.15, -0.1) is 0 Å². The molecule has 0 saturated carbocycles. The zero-order valence-corrected chi connectivity index (χ0v) is 19.7. The van der Waals surface area contributed by atoms with E-state index in [2.05, 4.69) is 5.32 Å². The highest BCUT2D eigenvalue weighted by atomic mass is 32.2. The highest BCUT2D eigenvalue weighted by molar-refractivity contribution is 7.79. The molecule has 2 aromatic rings. The van der Waals surface area contributed by atoms with Crippen LogP contribution in [0.4, 0.5) is 0 Å². The minimum absolute atomic E-state index is 0.0493. The molecule has 2 amide bonds. The maximum absolute atomic E-state index is 14.1. The zero-order valence-electron chi connectivity index (χ0n) is 18.9. The topological polar surface area (TPSA) is 124 Å². The van der Waals surface area contributed by atoms with Crippen molar-refractivity contribution in [3.63, 3.8) is 0 Å². The summed E-state index contributed by atoms with van der Waals surface area (Å²) in [5, 5.41) is 14.8. The second kappa shape index (κ2) is 7.54. The predicted octanol–water partition coefficient (Wildman–Crippen LogP) is 1.98. The van der Waals surface area contributed by atoms with E-state index < -0.39 is 28.1 Å². The summed E-state index contributed by atoms with van der Waals surface area (Å²) in [6.07, 6.45) is 2.22. The van der Waals surface area contributed by atoms with Gasteiger partial charge in [-0.3, -0.25) is 13.8 Å². The van der Waals surface area contributed by atoms with Crippen LogP contribution in [0.25, 0.3) is 10.9 Å². The average molecular weight is 475 g/mol. The number of hydrogen-bond acceptors (Lipinski definition) is 6. The number of carbonyl (C=O) groups is 2. The Balaban J connectivity index is 1.85. The fraction of sp³-hybridized carbons (Fsp3) is 0.565. The Morgan fingerprint density at radius 3 is 2.82 bits per heavy atom. The van der Waals surface area contributed by atoms with Gasteiger partial charge in [-0.25, -0.2) is 0 Å². The van der Waals surface area contributed by atoms with E-state index in [9.17, 15) is 23.6 Å². The van der Waals surface area contributed by atoms with Crippen LogP contribution in [0.3, 0.4) is 0 Å². The van der Waals surface area contributed by atoms with Crippen LogP contribution in [-0.2, 0) is 30.8 Å². The van der Waals surface area contributed by atoms with Crippen molar-refractivity contribution in [3.05, 3.63) is 29.5 Å². The van der Waals surface area contributed by atoms with Crippen LogP contribution < -0.4 is 5.32 Å². The Hall–Kier alpha value is -2.43. The second-order valence-electron chi connectivity index (χ2n) is 9.76. The standard InChI is InChI=1S/C23H29N3O6S/c1-4-32-20-18-15-8-7-14(33(30)31)11-16(15)26(29)19(18)22(2,3)17-10-13-6-5-9-25(13)21(28)23(17,20)24-12-27/h7-8,11-13,17,20,29H,4-6,9-10H2,1-3H3,(H,24,27)(H,30,31)/p-1/t13-,17?,20?,23+/m0/s1. The first-order valence-corrected chi connectivity index (χ1v) is 12.4. The molecule has 3 aliphatic rings. The number of aromatic nitrogens is 1. The molecule has 0 bridgehead atoms. The summed E-state index contributed by atoms with van der Waals surface area (Å²) >= 11 is -2.46. The summed E-state index contributed by atoms with van der Waals surface area (Å²) in [6, 6.07) is 4.60. The lowest BCUT2D eigenvalue weighted by molar-refractivity contribution is -0.168. The largest absolute Gasteiger partial charge is 0.768 e. The first-order chi connectivity index (χ1) is 15.7. The van der Waals surface area contributed by atoms with Crippen LogP contribution in [-0.4, -0.2) is 60.6 Å². The Bertz CT molecular complexity index is 1180. The number of benzene rings is 1. The molecule has 3 unspecified atom stereocenters. The van der Waals surface area contributed by atoms with Crippen LogP contribution in [0.15, 0.2) is 23.1 Å². The van der Waals surface area contributed by atoms with Crippen LogP contribution in [0.1, 0.15) is 57.4 Å². The highest BCUT2D eigenvalue weighted by Gasteiger charge is 2.67. The minimum atomic E-state index is -2.46. The van der Waals surface area contributed by atoms with Gasteiger partial charge in [-0.05, 0) is 49.4 Å². The van der Waals surface area contributed by atoms with Gasteiger partial charge in [-0.2, -0.15) is 4.73 Å². The third-order valence-electron chi connectivity index (χ3n) is 7.98. The number of piperidine rings is 1. The molecular formula is C23H28N3O6S-. The molecule has 178 valence electrons. The van der Waals surface area contributed by atoms with E-state index in [4.69, 9.17) is 4.74 Å². The maximum Gasteiger partial charge on any atom is 0.251 e. The molecule has 1 aliphatic carbocycles. The zero-order chi connectivity index (χ0) is 23.7. The van der Waals surface area contributed by atoms with Crippen molar-refractivity contribution in [1.82, 2.24) is 14.9 Å². The average Bonchev–Trinajstić information content (AvgIpc) is 3.36. The molecule has 1 aromatic carbocycles. The molecule has 3 heterocycles. The van der Waals surface area contributed by atoms with E-state index in [0.29, 0.717) is 41.5 Å². The van der Waals surface area contributed by atoms with E-state index in [1.54, 1.807) is 6.07 Å². The van der Waals surface area contributed by atoms with Gasteiger partial charge >= 0.3 is 0 Å². The SMILES string of the molecule is CCOC1c2c(n(O)c3cc(S(=O)[O-])ccc23)C(C)(C)C2C[C@@H]3CCCN3C(=O)[C@]12NC=O. The number of ether oxygens (including phenoxy) is 1. The summed E-state index contributed by atoms with van der Waals surface area (Å²) in [4.78, 5) is 28.0. The normalized spacial score (nSPS) is 31.1. The monoisotopic (exact) mass is 474 g/mol. The summed E-state index contributed by atoms with van der Waals surface area (Å²) < 4.78 is 30.4. The summed E-state index contributed by atoms with van der Waals surface area (Å²) in [5.41, 5.74) is -0.541. The number of rotatable bonds is 5. The molecule has 2 saturated heterocycles. The van der Waals surface area contributed by atoms with Gasteiger partial charge in [-0.1, -0.05) is 19.9 Å². The van der Waals surface area contributed by atoms with Crippen molar-refractivity contribution in [2.45, 2.75) is 68.0 Å². The van der Waals surface area contributed by atoms with Crippen molar-refractivity contribution in [1.29, 1.82) is 0 Å². The van der Waals surface area contributed by atoms with Crippen molar-refractivity contribution < 1.29 is 28.3 Å². The van der Waals surface area contributed by atoms with Crippen molar-refractivity contribution in [2.24, 2.45) is 5.92 Å². The number of carbonyl (C=O) groups excluding carboxylic acids is 2. The number of hydrogen-bond donors (Lipinski definition) is 2. The van der Waals surface area contributed by atoms with Crippen molar-refractivity contribution in [3.8, 4) is 0 Å². The van der Waals surface area contributed by atoms with Crippen LogP contribution in [0, 0.1) is 5.92 Å². The van der Waals surface area contributed by atoms with E-state index >= 15 is 0 Å². The van der Waals surface area contributed by atoms with Gasteiger partial charge in [0.25, 0.3) is 5.91 Å². The number of nitrogens with zero attached hydrogens (tertiary/aromatic N) is 2. The molecule has 1 aromatic heterocycles. The first-order valence-electron chi connectivity index (χ1n) is 11.3. The number of amides is 2. The van der Waals surface area contributed by atoms with E-state index in [1.807, 2.05) is 25.7 Å². The smallest absolute Gasteiger partial charge is 0.251 e. The Labute approximate surface area is 194 Å². The quantitative estimate of drug-likeness (QED) is 0.388. The summed E-state index contributed by atoms with van der Waals surface area (Å²) in [7, 11) is 0. The molecule has 0 radical (unpaired) electrons. The molecule has 2 fully saturated rings. The summed E-state index contributed by atoms with van der Waals surface area (Å²) in [6.45, 7) is 6.69. The van der Waals surface area contributed by atoms with Gasteiger partial charge in [0.05, 0.1) is 11.2 Å². The lowest BCUT2D eigenvalue weighted by Crippen LogP contribution is -2.74. The van der Waals surface area contributed by atoms with Gasteiger partial charge in [0, 0.05) is 46.4 Å². The van der Waals surface area contributed by atoms with Gasteiger partial charge in [0.15, 0.2) is 5.54 Å². The second-order valence-corrected chi connectivity index (χ2v) is 10.7. The van der Waals surface area contributed by atoms with Crippen molar-refractivity contribution in [2.75, 3.05) is 13.2 Å². The van der Waals surface area contributed by atoms with E-state index in [1.165, 1.54) is 12.1 Å². The van der Waals surface area contributed by atoms with E-state index in [-0.39, 0.29) is 29.4 Å². The number of fused-ring (bicyclic) bond motifs is 5. The Morgan fingerprint density at radius 1 is 1.39 bits per heavy atom. The Kier molecular flexibility index (Phi) is 5.11. The van der Waals surface area contributed by atoms with Crippen LogP contribution in [0.5, 0.6) is 0 Å². The van der Waals surface area contributed by atoms with Gasteiger partial charge in [0.2, 0.25) is 6.41 Å². The third kappa shape index (κ3) is 2.80. The highest BCUT2D eigenvalue weighted by Crippen LogP contribution is 2.59. The van der Waals surface area contributed by atoms with Crippen LogP contribution >= 0.6 is 0 Å². The molecule has 2 N–H and O–H groups in total. The van der Waals surface area contributed by atoms with E-state index in [0.717, 1.165) is 17.6 Å². The molecule has 10 heteroatoms. The lowest BCUT2D eigenvalue weighted by atomic mass is 9.54. The minimum Gasteiger partial charge on any atom is -0.768 e. The van der Waals surface area contributed by atoms with Gasteiger partial charge < -0.3 is 24.7 Å². The molecule has 0 spiro atoms. The third-order valence-corrected chi connectivity index (χ3v) is 8.62. The molecule has 5 rings (SSSR count). The summed E-state index contributed by atoms with van der Waals surface area (Å²) in [5.74, 6) is -0.490. The number of nitrogens with one attached hydrogen (secondary N) is 1. The fourth-order valence-corrected chi connectivity index (χ4v) is 7.11. The van der Waals surface area contributed by atoms with Crippen LogP contribution in [0.2, 0.25) is 0 Å².